The van der Waals surface area contributed by atoms with E-state index in [0.29, 0.717) is 0 Å². The highest BCUT2D eigenvalue weighted by molar-refractivity contribution is 5.85. The molecule has 0 bridgehead atoms. The number of alkyl halides is 3. The molecule has 1 rings (SSSR count). The number of benzene rings is 1. The van der Waals surface area contributed by atoms with Crippen LogP contribution in [-0.4, -0.2) is 25.0 Å². The van der Waals surface area contributed by atoms with Crippen LogP contribution in [0.1, 0.15) is 32.4 Å². The van der Waals surface area contributed by atoms with Crippen LogP contribution in [0, 0.1) is 0 Å². The standard InChI is InChI=1S/C14H19F3N2O3/c1-13(2,3)22-12(20)19-8-5-6-10(21-4)9(7-8)11(18)14(15,16)17/h5-7,11H,18H2,1-4H3,(H,19,20). The zero-order valence-corrected chi connectivity index (χ0v) is 12.7. The van der Waals surface area contributed by atoms with Crippen molar-refractivity contribution in [2.75, 3.05) is 12.4 Å². The van der Waals surface area contributed by atoms with E-state index >= 15 is 0 Å². The number of methoxy groups -OCH3 is 1. The third-order valence-electron chi connectivity index (χ3n) is 2.56. The van der Waals surface area contributed by atoms with Gasteiger partial charge in [0, 0.05) is 11.3 Å². The fourth-order valence-electron chi connectivity index (χ4n) is 1.65. The summed E-state index contributed by atoms with van der Waals surface area (Å²) in [6.07, 6.45) is -5.40. The maximum atomic E-state index is 12.8. The van der Waals surface area contributed by atoms with Crippen molar-refractivity contribution in [3.8, 4) is 5.75 Å². The summed E-state index contributed by atoms with van der Waals surface area (Å²) in [6.45, 7) is 5.02. The second-order valence-corrected chi connectivity index (χ2v) is 5.60. The smallest absolute Gasteiger partial charge is 0.412 e. The summed E-state index contributed by atoms with van der Waals surface area (Å²) in [5, 5.41) is 2.36. The normalized spacial score (nSPS) is 13.5. The van der Waals surface area contributed by atoms with Crippen LogP contribution in [0.25, 0.3) is 0 Å². The summed E-state index contributed by atoms with van der Waals surface area (Å²) in [5.41, 5.74) is 4.34. The number of amides is 1. The van der Waals surface area contributed by atoms with Gasteiger partial charge in [-0.1, -0.05) is 0 Å². The first-order valence-electron chi connectivity index (χ1n) is 6.44. The summed E-state index contributed by atoms with van der Waals surface area (Å²) >= 11 is 0. The van der Waals surface area contributed by atoms with Crippen molar-refractivity contribution in [1.82, 2.24) is 0 Å². The maximum Gasteiger partial charge on any atom is 0.412 e. The molecule has 0 saturated carbocycles. The molecule has 0 aliphatic carbocycles. The van der Waals surface area contributed by atoms with Crippen molar-refractivity contribution in [2.45, 2.75) is 38.6 Å². The van der Waals surface area contributed by atoms with E-state index in [0.717, 1.165) is 6.07 Å². The molecule has 3 N–H and O–H groups in total. The number of anilines is 1. The van der Waals surface area contributed by atoms with Crippen LogP contribution in [0.15, 0.2) is 18.2 Å². The van der Waals surface area contributed by atoms with E-state index in [1.54, 1.807) is 20.8 Å². The second kappa shape index (κ2) is 6.43. The summed E-state index contributed by atoms with van der Waals surface area (Å²) in [5.74, 6) is -0.0143. The molecule has 0 spiro atoms. The number of hydrogen-bond donors (Lipinski definition) is 2. The monoisotopic (exact) mass is 320 g/mol. The van der Waals surface area contributed by atoms with E-state index in [1.165, 1.54) is 19.2 Å². The van der Waals surface area contributed by atoms with Crippen molar-refractivity contribution in [1.29, 1.82) is 0 Å². The Kier molecular flexibility index (Phi) is 5.29. The number of carbonyl (C=O) groups is 1. The van der Waals surface area contributed by atoms with Gasteiger partial charge in [-0.05, 0) is 39.0 Å². The Bertz CT molecular complexity index is 539. The SMILES string of the molecule is COc1ccc(NC(=O)OC(C)(C)C)cc1C(N)C(F)(F)F. The molecule has 0 aliphatic heterocycles. The summed E-state index contributed by atoms with van der Waals surface area (Å²) < 4.78 is 48.2. The second-order valence-electron chi connectivity index (χ2n) is 5.60. The molecule has 0 saturated heterocycles. The Morgan fingerprint density at radius 3 is 2.32 bits per heavy atom. The zero-order valence-electron chi connectivity index (χ0n) is 12.7. The fourth-order valence-corrected chi connectivity index (χ4v) is 1.65. The third-order valence-corrected chi connectivity index (χ3v) is 2.56. The van der Waals surface area contributed by atoms with E-state index in [4.69, 9.17) is 15.2 Å². The minimum absolute atomic E-state index is 0.0143. The topological polar surface area (TPSA) is 73.6 Å². The van der Waals surface area contributed by atoms with Gasteiger partial charge in [-0.15, -0.1) is 0 Å². The first-order chi connectivity index (χ1) is 9.94. The van der Waals surface area contributed by atoms with Gasteiger partial charge in [-0.2, -0.15) is 13.2 Å². The molecular weight excluding hydrogens is 301 g/mol. The first-order valence-corrected chi connectivity index (χ1v) is 6.44. The average molecular weight is 320 g/mol. The summed E-state index contributed by atoms with van der Waals surface area (Å²) in [4.78, 5) is 11.6. The lowest BCUT2D eigenvalue weighted by atomic mass is 10.1. The molecular formula is C14H19F3N2O3. The van der Waals surface area contributed by atoms with Crippen molar-refractivity contribution in [3.05, 3.63) is 23.8 Å². The molecule has 124 valence electrons. The van der Waals surface area contributed by atoms with Gasteiger partial charge < -0.3 is 15.2 Å². The number of halogens is 3. The van der Waals surface area contributed by atoms with Crippen LogP contribution in [0.3, 0.4) is 0 Å². The molecule has 1 aromatic carbocycles. The average Bonchev–Trinajstić information content (AvgIpc) is 2.34. The van der Waals surface area contributed by atoms with Gasteiger partial charge in [-0.25, -0.2) is 4.79 Å². The van der Waals surface area contributed by atoms with Gasteiger partial charge in [0.15, 0.2) is 0 Å². The van der Waals surface area contributed by atoms with E-state index in [-0.39, 0.29) is 17.0 Å². The highest BCUT2D eigenvalue weighted by atomic mass is 19.4. The number of hydrogen-bond acceptors (Lipinski definition) is 4. The van der Waals surface area contributed by atoms with Gasteiger partial charge in [-0.3, -0.25) is 5.32 Å². The van der Waals surface area contributed by atoms with Crippen LogP contribution >= 0.6 is 0 Å². The van der Waals surface area contributed by atoms with Gasteiger partial charge in [0.2, 0.25) is 0 Å². The highest BCUT2D eigenvalue weighted by Crippen LogP contribution is 2.36. The molecule has 5 nitrogen and oxygen atoms in total. The molecule has 1 amide bonds. The molecule has 0 fully saturated rings. The molecule has 1 atom stereocenters. The molecule has 8 heteroatoms. The van der Waals surface area contributed by atoms with Crippen LogP contribution in [0.5, 0.6) is 5.75 Å². The minimum atomic E-state index is -4.63. The Morgan fingerprint density at radius 1 is 1.27 bits per heavy atom. The number of ether oxygens (including phenoxy) is 2. The summed E-state index contributed by atoms with van der Waals surface area (Å²) in [6, 6.07) is 1.59. The van der Waals surface area contributed by atoms with Gasteiger partial charge >= 0.3 is 12.3 Å². The maximum absolute atomic E-state index is 12.8. The summed E-state index contributed by atoms with van der Waals surface area (Å²) in [7, 11) is 1.24. The fraction of sp³-hybridized carbons (Fsp3) is 0.500. The van der Waals surface area contributed by atoms with Crippen molar-refractivity contribution < 1.29 is 27.4 Å². The van der Waals surface area contributed by atoms with Crippen LogP contribution in [-0.2, 0) is 4.74 Å². The Morgan fingerprint density at radius 2 is 1.86 bits per heavy atom. The van der Waals surface area contributed by atoms with Crippen molar-refractivity contribution in [2.24, 2.45) is 5.73 Å². The molecule has 1 aromatic rings. The molecule has 0 aliphatic rings. The van der Waals surface area contributed by atoms with E-state index in [9.17, 15) is 18.0 Å². The number of carbonyl (C=O) groups excluding carboxylic acids is 1. The molecule has 0 aromatic heterocycles. The van der Waals surface area contributed by atoms with Crippen molar-refractivity contribution >= 4 is 11.8 Å². The van der Waals surface area contributed by atoms with Gasteiger partial charge in [0.25, 0.3) is 0 Å². The quantitative estimate of drug-likeness (QED) is 0.892. The van der Waals surface area contributed by atoms with E-state index < -0.39 is 23.9 Å². The molecule has 0 radical (unpaired) electrons. The zero-order chi connectivity index (χ0) is 17.1. The number of nitrogens with two attached hydrogens (primary N) is 1. The molecule has 1 unspecified atom stereocenters. The largest absolute Gasteiger partial charge is 0.496 e. The predicted molar refractivity (Wildman–Crippen MR) is 75.8 cm³/mol. The molecule has 22 heavy (non-hydrogen) atoms. The molecule has 0 heterocycles. The lowest BCUT2D eigenvalue weighted by Gasteiger charge is -2.21. The van der Waals surface area contributed by atoms with Crippen LogP contribution < -0.4 is 15.8 Å². The van der Waals surface area contributed by atoms with E-state index in [2.05, 4.69) is 5.32 Å². The third kappa shape index (κ3) is 5.10. The van der Waals surface area contributed by atoms with Crippen LogP contribution in [0.4, 0.5) is 23.7 Å². The minimum Gasteiger partial charge on any atom is -0.496 e. The Labute approximate surface area is 126 Å². The number of rotatable bonds is 3. The predicted octanol–water partition coefficient (Wildman–Crippen LogP) is 3.60. The highest BCUT2D eigenvalue weighted by Gasteiger charge is 2.39. The number of nitrogens with one attached hydrogen (secondary N) is 1. The van der Waals surface area contributed by atoms with Gasteiger partial charge in [0.1, 0.15) is 17.4 Å². The van der Waals surface area contributed by atoms with E-state index in [1.807, 2.05) is 0 Å². The Balaban J connectivity index is 3.03. The lowest BCUT2D eigenvalue weighted by molar-refractivity contribution is -0.149. The lowest BCUT2D eigenvalue weighted by Crippen LogP contribution is -2.29. The first kappa shape index (κ1) is 18.1. The van der Waals surface area contributed by atoms with Gasteiger partial charge in [0.05, 0.1) is 7.11 Å². The van der Waals surface area contributed by atoms with Crippen LogP contribution in [0.2, 0.25) is 0 Å². The Hall–Kier alpha value is -1.96. The van der Waals surface area contributed by atoms with Crippen molar-refractivity contribution in [3.63, 3.8) is 0 Å².